The summed E-state index contributed by atoms with van der Waals surface area (Å²) in [5.74, 6) is 0.480. The number of amides is 1. The first-order valence-corrected chi connectivity index (χ1v) is 9.98. The maximum atomic E-state index is 12.8. The Morgan fingerprint density at radius 1 is 1.09 bits per heavy atom. The minimum Gasteiger partial charge on any atom is -0.465 e. The summed E-state index contributed by atoms with van der Waals surface area (Å²) in [4.78, 5) is 21.1. The normalized spacial score (nSPS) is 11.9. The number of benzene rings is 1. The number of hydrogen-bond acceptors (Lipinski definition) is 7. The molecule has 0 saturated heterocycles. The van der Waals surface area contributed by atoms with E-state index in [9.17, 15) is 23.1 Å². The average Bonchev–Trinajstić information content (AvgIpc) is 3.19. The van der Waals surface area contributed by atoms with Gasteiger partial charge in [-0.15, -0.1) is 10.2 Å². The molecule has 0 spiro atoms. The third-order valence-electron chi connectivity index (χ3n) is 4.37. The molecule has 1 aromatic carbocycles. The maximum Gasteiger partial charge on any atom is 0.416 e. The molecule has 12 heteroatoms. The van der Waals surface area contributed by atoms with Crippen LogP contribution in [0.1, 0.15) is 32.2 Å². The third-order valence-corrected chi connectivity index (χ3v) is 4.37. The van der Waals surface area contributed by atoms with Crippen LogP contribution in [0.2, 0.25) is 0 Å². The first kappa shape index (κ1) is 24.0. The zero-order valence-corrected chi connectivity index (χ0v) is 18.2. The van der Waals surface area contributed by atoms with Crippen LogP contribution in [0.25, 0.3) is 11.6 Å². The Morgan fingerprint density at radius 3 is 2.36 bits per heavy atom. The minimum atomic E-state index is -4.43. The van der Waals surface area contributed by atoms with E-state index in [2.05, 4.69) is 25.5 Å². The lowest BCUT2D eigenvalue weighted by molar-refractivity contribution is -0.137. The lowest BCUT2D eigenvalue weighted by Gasteiger charge is -2.27. The van der Waals surface area contributed by atoms with Crippen LogP contribution in [0.4, 0.5) is 29.5 Å². The molecule has 0 bridgehead atoms. The summed E-state index contributed by atoms with van der Waals surface area (Å²) in [6.07, 6.45) is -2.45. The number of carboxylic acid groups (broad SMARTS) is 1. The molecule has 3 aromatic rings. The van der Waals surface area contributed by atoms with Gasteiger partial charge in [-0.05, 0) is 29.7 Å². The van der Waals surface area contributed by atoms with Gasteiger partial charge in [-0.3, -0.25) is 0 Å². The van der Waals surface area contributed by atoms with E-state index in [0.29, 0.717) is 12.2 Å². The highest BCUT2D eigenvalue weighted by atomic mass is 19.4. The van der Waals surface area contributed by atoms with Crippen molar-refractivity contribution in [1.29, 1.82) is 0 Å². The van der Waals surface area contributed by atoms with E-state index in [1.54, 1.807) is 0 Å². The predicted octanol–water partition coefficient (Wildman–Crippen LogP) is 4.86. The molecular weight excluding hydrogens is 441 g/mol. The Bertz CT molecular complexity index is 1090. The molecule has 2 aromatic heterocycles. The number of halogens is 3. The predicted molar refractivity (Wildman–Crippen MR) is 113 cm³/mol. The first-order valence-electron chi connectivity index (χ1n) is 9.98. The first-order chi connectivity index (χ1) is 15.4. The van der Waals surface area contributed by atoms with Gasteiger partial charge < -0.3 is 19.7 Å². The second-order valence-electron chi connectivity index (χ2n) is 8.47. The molecule has 0 unspecified atom stereocenters. The van der Waals surface area contributed by atoms with Crippen LogP contribution in [0.15, 0.2) is 41.1 Å². The largest absolute Gasteiger partial charge is 0.465 e. The van der Waals surface area contributed by atoms with Crippen molar-refractivity contribution in [3.05, 3.63) is 48.1 Å². The molecule has 3 rings (SSSR count). The number of anilines is 2. The van der Waals surface area contributed by atoms with Crippen molar-refractivity contribution in [1.82, 2.24) is 25.1 Å². The van der Waals surface area contributed by atoms with E-state index in [1.165, 1.54) is 29.4 Å². The summed E-state index contributed by atoms with van der Waals surface area (Å²) in [5, 5.41) is 20.2. The Hall–Kier alpha value is -3.70. The monoisotopic (exact) mass is 464 g/mol. The number of nitrogens with zero attached hydrogens (tertiary/aromatic N) is 5. The van der Waals surface area contributed by atoms with E-state index in [0.717, 1.165) is 12.1 Å². The zero-order valence-electron chi connectivity index (χ0n) is 18.2. The van der Waals surface area contributed by atoms with Crippen molar-refractivity contribution in [2.45, 2.75) is 33.4 Å². The van der Waals surface area contributed by atoms with Crippen LogP contribution in [-0.4, -0.2) is 49.4 Å². The molecule has 0 fully saturated rings. The van der Waals surface area contributed by atoms with E-state index in [1.807, 2.05) is 20.8 Å². The van der Waals surface area contributed by atoms with E-state index < -0.39 is 17.8 Å². The number of nitrogens with one attached hydrogen (secondary N) is 1. The summed E-state index contributed by atoms with van der Waals surface area (Å²) in [7, 11) is 0. The van der Waals surface area contributed by atoms with Gasteiger partial charge in [0.15, 0.2) is 11.5 Å². The highest BCUT2D eigenvalue weighted by Crippen LogP contribution is 2.31. The van der Waals surface area contributed by atoms with E-state index >= 15 is 0 Å². The van der Waals surface area contributed by atoms with Gasteiger partial charge in [0.25, 0.3) is 5.89 Å². The topological polar surface area (TPSA) is 117 Å². The van der Waals surface area contributed by atoms with E-state index in [-0.39, 0.29) is 41.7 Å². The number of hydrogen-bond donors (Lipinski definition) is 2. The molecule has 33 heavy (non-hydrogen) atoms. The average molecular weight is 464 g/mol. The van der Waals surface area contributed by atoms with Crippen LogP contribution >= 0.6 is 0 Å². The highest BCUT2D eigenvalue weighted by molar-refractivity contribution is 5.70. The lowest BCUT2D eigenvalue weighted by atomic mass is 9.96. The Labute approximate surface area is 187 Å². The van der Waals surface area contributed by atoms with Gasteiger partial charge in [0.05, 0.1) is 5.56 Å². The fourth-order valence-electron chi connectivity index (χ4n) is 2.96. The Kier molecular flexibility index (Phi) is 6.84. The quantitative estimate of drug-likeness (QED) is 0.509. The second kappa shape index (κ2) is 9.43. The summed E-state index contributed by atoms with van der Waals surface area (Å²) in [5.41, 5.74) is -0.405. The summed E-state index contributed by atoms with van der Waals surface area (Å²) < 4.78 is 43.9. The lowest BCUT2D eigenvalue weighted by Crippen LogP contribution is -2.38. The third kappa shape index (κ3) is 6.64. The molecular formula is C21H23F3N6O3. The van der Waals surface area contributed by atoms with Crippen molar-refractivity contribution in [2.75, 3.05) is 18.4 Å². The van der Waals surface area contributed by atoms with Crippen LogP contribution in [0, 0.1) is 5.41 Å². The zero-order chi connectivity index (χ0) is 24.2. The number of rotatable bonds is 7. The molecule has 0 radical (unpaired) electrons. The van der Waals surface area contributed by atoms with Crippen LogP contribution in [0.5, 0.6) is 0 Å². The van der Waals surface area contributed by atoms with Crippen molar-refractivity contribution in [2.24, 2.45) is 5.41 Å². The minimum absolute atomic E-state index is 0.0465. The standard InChI is InChI=1S/C21H23F3N6O3/c1-20(2,3)12-30(19(31)32)11-8-15-28-29-18(33-15)16-17(26-10-9-25-16)27-14-6-4-13(5-7-14)21(22,23)24/h4-7,9-10H,8,11-12H2,1-3H3,(H,26,27)(H,31,32). The molecule has 0 saturated carbocycles. The maximum absolute atomic E-state index is 12.8. The SMILES string of the molecule is CC(C)(C)CN(CCc1nnc(-c2nccnc2Nc2ccc(C(F)(F)F)cc2)o1)C(=O)O. The highest BCUT2D eigenvalue weighted by Gasteiger charge is 2.30. The molecule has 0 aliphatic heterocycles. The summed E-state index contributed by atoms with van der Waals surface area (Å²) in [6.45, 7) is 6.33. The van der Waals surface area contributed by atoms with Crippen molar-refractivity contribution >= 4 is 17.6 Å². The van der Waals surface area contributed by atoms with Crippen LogP contribution < -0.4 is 5.32 Å². The molecule has 0 atom stereocenters. The van der Waals surface area contributed by atoms with Crippen molar-refractivity contribution < 1.29 is 27.5 Å². The fraction of sp³-hybridized carbons (Fsp3) is 0.381. The second-order valence-corrected chi connectivity index (χ2v) is 8.47. The fourth-order valence-corrected chi connectivity index (χ4v) is 2.96. The van der Waals surface area contributed by atoms with E-state index in [4.69, 9.17) is 4.42 Å². The van der Waals surface area contributed by atoms with Gasteiger partial charge in [-0.2, -0.15) is 13.2 Å². The smallest absolute Gasteiger partial charge is 0.416 e. The molecule has 1 amide bonds. The number of carbonyl (C=O) groups is 1. The molecule has 176 valence electrons. The van der Waals surface area contributed by atoms with Crippen molar-refractivity contribution in [3.8, 4) is 11.6 Å². The summed E-state index contributed by atoms with van der Waals surface area (Å²) >= 11 is 0. The molecule has 2 N–H and O–H groups in total. The van der Waals surface area contributed by atoms with Gasteiger partial charge >= 0.3 is 12.3 Å². The van der Waals surface area contributed by atoms with Gasteiger partial charge in [0.2, 0.25) is 5.89 Å². The molecule has 0 aliphatic carbocycles. The molecule has 2 heterocycles. The summed E-state index contributed by atoms with van der Waals surface area (Å²) in [6, 6.07) is 4.45. The van der Waals surface area contributed by atoms with Gasteiger partial charge in [0, 0.05) is 37.6 Å². The van der Waals surface area contributed by atoms with Gasteiger partial charge in [0.1, 0.15) is 0 Å². The Balaban J connectivity index is 1.73. The van der Waals surface area contributed by atoms with Crippen LogP contribution in [0.3, 0.4) is 0 Å². The van der Waals surface area contributed by atoms with Gasteiger partial charge in [-0.1, -0.05) is 20.8 Å². The molecule has 0 aliphatic rings. The van der Waals surface area contributed by atoms with Gasteiger partial charge in [-0.25, -0.2) is 14.8 Å². The Morgan fingerprint density at radius 2 is 1.76 bits per heavy atom. The number of aromatic nitrogens is 4. The van der Waals surface area contributed by atoms with Crippen LogP contribution in [-0.2, 0) is 12.6 Å². The van der Waals surface area contributed by atoms with Crippen molar-refractivity contribution in [3.63, 3.8) is 0 Å². The molecule has 9 nitrogen and oxygen atoms in total. The number of alkyl halides is 3.